The van der Waals surface area contributed by atoms with E-state index in [-0.39, 0.29) is 41.1 Å². The van der Waals surface area contributed by atoms with E-state index in [1.54, 1.807) is 20.8 Å². The predicted octanol–water partition coefficient (Wildman–Crippen LogP) is 3.53. The van der Waals surface area contributed by atoms with Crippen LogP contribution in [-0.2, 0) is 21.3 Å². The van der Waals surface area contributed by atoms with Gasteiger partial charge in [0.2, 0.25) is 5.60 Å². The van der Waals surface area contributed by atoms with Crippen LogP contribution in [0.1, 0.15) is 34.6 Å². The maximum Gasteiger partial charge on any atom is 0.427 e. The average Bonchev–Trinajstić information content (AvgIpc) is 3.21. The number of aromatic nitrogens is 2. The fourth-order valence-electron chi connectivity index (χ4n) is 3.43. The summed E-state index contributed by atoms with van der Waals surface area (Å²) >= 11 is 0. The van der Waals surface area contributed by atoms with Gasteiger partial charge in [0, 0.05) is 18.4 Å². The van der Waals surface area contributed by atoms with E-state index in [0.29, 0.717) is 20.4 Å². The van der Waals surface area contributed by atoms with Crippen molar-refractivity contribution in [2.75, 3.05) is 22.8 Å². The number of aryl methyl sites for hydroxylation is 1. The first-order valence-electron chi connectivity index (χ1n) is 11.3. The molecule has 2 heterocycles. The number of ether oxygens (including phenoxy) is 3. The molecule has 0 radical (unpaired) electrons. The molecule has 206 valence electrons. The lowest BCUT2D eigenvalue weighted by molar-refractivity contribution is -0.242. The number of fused-ring (bicyclic) bond motifs is 1. The van der Waals surface area contributed by atoms with Crippen molar-refractivity contribution in [3.8, 4) is 11.6 Å². The SMILES string of the molecule is CCn1cc(S(=O)(=O)N2c3cc(NC(=O)OC(C)(C)C(F)(F)F)ccc3OC(C)C2C)c(OCCO)n1. The molecule has 37 heavy (non-hydrogen) atoms. The largest absolute Gasteiger partial charge is 0.486 e. The number of halogens is 3. The van der Waals surface area contributed by atoms with Crippen LogP contribution in [0.25, 0.3) is 0 Å². The minimum atomic E-state index is -4.80. The summed E-state index contributed by atoms with van der Waals surface area (Å²) in [7, 11) is -4.33. The second-order valence-electron chi connectivity index (χ2n) is 8.80. The molecule has 11 nitrogen and oxygen atoms in total. The molecule has 2 unspecified atom stereocenters. The number of carbonyl (C=O) groups excluding carboxylic acids is 1. The third-order valence-electron chi connectivity index (χ3n) is 5.72. The molecule has 0 aliphatic carbocycles. The van der Waals surface area contributed by atoms with Crippen molar-refractivity contribution < 1.29 is 45.7 Å². The molecular weight excluding hydrogens is 521 g/mol. The van der Waals surface area contributed by atoms with Crippen molar-refractivity contribution in [3.63, 3.8) is 0 Å². The highest BCUT2D eigenvalue weighted by molar-refractivity contribution is 7.93. The van der Waals surface area contributed by atoms with Crippen LogP contribution in [0.5, 0.6) is 11.6 Å². The lowest BCUT2D eigenvalue weighted by Gasteiger charge is -2.39. The first-order valence-corrected chi connectivity index (χ1v) is 12.8. The summed E-state index contributed by atoms with van der Waals surface area (Å²) in [5.41, 5.74) is -2.73. The number of nitrogens with one attached hydrogen (secondary N) is 1. The van der Waals surface area contributed by atoms with Crippen LogP contribution < -0.4 is 19.1 Å². The van der Waals surface area contributed by atoms with Gasteiger partial charge >= 0.3 is 12.3 Å². The van der Waals surface area contributed by atoms with Gasteiger partial charge in [0.1, 0.15) is 18.5 Å². The number of hydrogen-bond acceptors (Lipinski definition) is 8. The molecule has 15 heteroatoms. The fourth-order valence-corrected chi connectivity index (χ4v) is 5.23. The first-order chi connectivity index (χ1) is 17.1. The van der Waals surface area contributed by atoms with E-state index in [0.717, 1.165) is 4.31 Å². The van der Waals surface area contributed by atoms with E-state index in [1.165, 1.54) is 29.1 Å². The summed E-state index contributed by atoms with van der Waals surface area (Å²) < 4.78 is 85.2. The minimum Gasteiger partial charge on any atom is -0.486 e. The number of aliphatic hydroxyl groups is 1. The minimum absolute atomic E-state index is 0.0201. The highest BCUT2D eigenvalue weighted by Crippen LogP contribution is 2.43. The van der Waals surface area contributed by atoms with Crippen LogP contribution in [0, 0.1) is 0 Å². The smallest absolute Gasteiger partial charge is 0.427 e. The number of amides is 1. The number of nitrogens with zero attached hydrogens (tertiary/aromatic N) is 3. The van der Waals surface area contributed by atoms with Crippen molar-refractivity contribution in [1.29, 1.82) is 0 Å². The van der Waals surface area contributed by atoms with Gasteiger partial charge in [-0.1, -0.05) is 0 Å². The Labute approximate surface area is 212 Å². The second-order valence-corrected chi connectivity index (χ2v) is 10.6. The zero-order valence-electron chi connectivity index (χ0n) is 20.9. The summed E-state index contributed by atoms with van der Waals surface area (Å²) in [5.74, 6) is -0.0274. The maximum atomic E-state index is 13.9. The van der Waals surface area contributed by atoms with Crippen molar-refractivity contribution in [3.05, 3.63) is 24.4 Å². The summed E-state index contributed by atoms with van der Waals surface area (Å²) in [6.07, 6.45) is -5.46. The van der Waals surface area contributed by atoms with E-state index in [4.69, 9.17) is 14.6 Å². The molecule has 0 saturated carbocycles. The lowest BCUT2D eigenvalue weighted by Crippen LogP contribution is -2.49. The molecule has 0 fully saturated rings. The summed E-state index contributed by atoms with van der Waals surface area (Å²) in [6, 6.07) is 3.26. The van der Waals surface area contributed by atoms with Gasteiger partial charge < -0.3 is 19.3 Å². The number of benzene rings is 1. The number of rotatable bonds is 8. The summed E-state index contributed by atoms with van der Waals surface area (Å²) in [6.45, 7) is 6.27. The highest BCUT2D eigenvalue weighted by atomic mass is 32.2. The molecule has 2 N–H and O–H groups in total. The lowest BCUT2D eigenvalue weighted by atomic mass is 10.1. The quantitative estimate of drug-likeness (QED) is 0.510. The van der Waals surface area contributed by atoms with Gasteiger partial charge in [0.25, 0.3) is 15.9 Å². The van der Waals surface area contributed by atoms with Crippen molar-refractivity contribution >= 4 is 27.5 Å². The molecule has 2 atom stereocenters. The Morgan fingerprint density at radius 1 is 1.27 bits per heavy atom. The van der Waals surface area contributed by atoms with Crippen LogP contribution in [0.4, 0.5) is 29.3 Å². The number of sulfonamides is 1. The van der Waals surface area contributed by atoms with Gasteiger partial charge in [-0.2, -0.15) is 13.2 Å². The molecule has 1 aromatic carbocycles. The number of anilines is 2. The molecule has 1 aliphatic heterocycles. The van der Waals surface area contributed by atoms with E-state index < -0.39 is 40.0 Å². The molecule has 1 aliphatic rings. The number of alkyl halides is 3. The van der Waals surface area contributed by atoms with Gasteiger partial charge in [-0.15, -0.1) is 5.10 Å². The van der Waals surface area contributed by atoms with Crippen LogP contribution in [0.3, 0.4) is 0 Å². The first kappa shape index (κ1) is 28.4. The molecular formula is C22H29F3N4O7S. The second kappa shape index (κ2) is 10.3. The van der Waals surface area contributed by atoms with E-state index in [9.17, 15) is 26.4 Å². The normalized spacial score (nSPS) is 18.1. The summed E-state index contributed by atoms with van der Waals surface area (Å²) in [4.78, 5) is 11.9. The molecule has 0 saturated heterocycles. The van der Waals surface area contributed by atoms with E-state index in [1.807, 2.05) is 0 Å². The van der Waals surface area contributed by atoms with E-state index >= 15 is 0 Å². The zero-order valence-corrected chi connectivity index (χ0v) is 21.7. The van der Waals surface area contributed by atoms with Crippen LogP contribution in [0.15, 0.2) is 29.3 Å². The Balaban J connectivity index is 2.01. The Bertz CT molecular complexity index is 1250. The number of carbonyl (C=O) groups is 1. The van der Waals surface area contributed by atoms with Gasteiger partial charge in [-0.3, -0.25) is 14.3 Å². The zero-order chi connectivity index (χ0) is 27.8. The van der Waals surface area contributed by atoms with Gasteiger partial charge in [0.15, 0.2) is 4.90 Å². The molecule has 1 aromatic heterocycles. The Hall–Kier alpha value is -3.20. The Morgan fingerprint density at radius 3 is 2.54 bits per heavy atom. The van der Waals surface area contributed by atoms with Crippen molar-refractivity contribution in [2.24, 2.45) is 0 Å². The van der Waals surface area contributed by atoms with Gasteiger partial charge in [0.05, 0.1) is 18.3 Å². The molecule has 0 spiro atoms. The fraction of sp³-hybridized carbons (Fsp3) is 0.545. The molecule has 2 aromatic rings. The average molecular weight is 551 g/mol. The van der Waals surface area contributed by atoms with Gasteiger partial charge in [-0.05, 0) is 52.8 Å². The Morgan fingerprint density at radius 2 is 1.95 bits per heavy atom. The standard InChI is InChI=1S/C22H29F3N4O7S/c1-6-28-12-18(19(27-28)34-10-9-30)37(32,33)29-13(2)14(3)35-17-8-7-15(11-16(17)29)26-20(31)36-21(4,5)22(23,24)25/h7-8,11-14,30H,6,9-10H2,1-5H3,(H,26,31). The van der Waals surface area contributed by atoms with Crippen LogP contribution in [-0.4, -0.2) is 66.5 Å². The van der Waals surface area contributed by atoms with E-state index in [2.05, 4.69) is 15.2 Å². The maximum absolute atomic E-state index is 13.9. The third-order valence-corrected chi connectivity index (χ3v) is 7.61. The molecule has 1 amide bonds. The number of hydrogen-bond donors (Lipinski definition) is 2. The van der Waals surface area contributed by atoms with Crippen molar-refractivity contribution in [1.82, 2.24) is 9.78 Å². The van der Waals surface area contributed by atoms with Crippen LogP contribution in [0.2, 0.25) is 0 Å². The van der Waals surface area contributed by atoms with Crippen LogP contribution >= 0.6 is 0 Å². The predicted molar refractivity (Wildman–Crippen MR) is 126 cm³/mol. The monoisotopic (exact) mass is 550 g/mol. The summed E-state index contributed by atoms with van der Waals surface area (Å²) in [5, 5.41) is 15.4. The molecule has 3 rings (SSSR count). The topological polar surface area (TPSA) is 132 Å². The van der Waals surface area contributed by atoms with Gasteiger partial charge in [-0.25, -0.2) is 13.2 Å². The number of aliphatic hydroxyl groups excluding tert-OH is 1. The Kier molecular flexibility index (Phi) is 7.88. The van der Waals surface area contributed by atoms with Crippen molar-refractivity contribution in [2.45, 2.75) is 70.0 Å². The third kappa shape index (κ3) is 5.71. The molecule has 0 bridgehead atoms. The highest BCUT2D eigenvalue weighted by Gasteiger charge is 2.51.